The second-order valence-electron chi connectivity index (χ2n) is 3.67. The van der Waals surface area contributed by atoms with Gasteiger partial charge in [-0.3, -0.25) is 0 Å². The van der Waals surface area contributed by atoms with Gasteiger partial charge >= 0.3 is 0 Å². The highest BCUT2D eigenvalue weighted by atomic mass is 32.1. The summed E-state index contributed by atoms with van der Waals surface area (Å²) in [6.07, 6.45) is 1.82. The minimum absolute atomic E-state index is 0.521. The lowest BCUT2D eigenvalue weighted by atomic mass is 10.1. The number of thiocarbonyl (C=S) groups is 1. The third kappa shape index (κ3) is 4.19. The van der Waals surface area contributed by atoms with Crippen LogP contribution in [0.25, 0.3) is 6.08 Å². The van der Waals surface area contributed by atoms with Crippen LogP contribution >= 0.6 is 12.2 Å². The lowest BCUT2D eigenvalue weighted by Gasteiger charge is -2.21. The molecule has 92 valence electrons. The normalized spacial score (nSPS) is 9.76. The van der Waals surface area contributed by atoms with Crippen molar-refractivity contribution in [2.45, 2.75) is 20.5 Å². The minimum atomic E-state index is 0.521. The van der Waals surface area contributed by atoms with Crippen LogP contribution in [0.5, 0.6) is 0 Å². The predicted octanol–water partition coefficient (Wildman–Crippen LogP) is 3.47. The monoisotopic (exact) mass is 249 g/mol. The van der Waals surface area contributed by atoms with Gasteiger partial charge < -0.3 is 9.64 Å². The number of hydrogen-bond donors (Lipinski definition) is 0. The summed E-state index contributed by atoms with van der Waals surface area (Å²) in [6.45, 7) is 10.1. The zero-order chi connectivity index (χ0) is 12.7. The van der Waals surface area contributed by atoms with E-state index in [0.29, 0.717) is 11.8 Å². The van der Waals surface area contributed by atoms with E-state index in [0.717, 1.165) is 24.2 Å². The van der Waals surface area contributed by atoms with Gasteiger partial charge in [0.1, 0.15) is 6.61 Å². The Hall–Kier alpha value is -1.35. The van der Waals surface area contributed by atoms with Crippen LogP contribution in [-0.2, 0) is 11.3 Å². The van der Waals surface area contributed by atoms with Crippen molar-refractivity contribution in [1.29, 1.82) is 0 Å². The van der Waals surface area contributed by atoms with Gasteiger partial charge in [-0.1, -0.05) is 36.9 Å². The molecule has 0 N–H and O–H groups in total. The SMILES string of the molecule is C=Cc1ccc(COC(=S)N(CC)CC)cc1. The maximum atomic E-state index is 5.58. The summed E-state index contributed by atoms with van der Waals surface area (Å²) in [5.41, 5.74) is 2.23. The Bertz CT molecular complexity index is 368. The molecular formula is C14H19NOS. The molecule has 0 bridgehead atoms. The Morgan fingerprint density at radius 1 is 1.29 bits per heavy atom. The minimum Gasteiger partial charge on any atom is -0.466 e. The molecule has 0 saturated carbocycles. The molecule has 0 unspecified atom stereocenters. The third-order valence-corrected chi connectivity index (χ3v) is 2.98. The molecule has 1 rings (SSSR count). The topological polar surface area (TPSA) is 12.5 Å². The van der Waals surface area contributed by atoms with Crippen molar-refractivity contribution < 1.29 is 4.74 Å². The van der Waals surface area contributed by atoms with E-state index in [4.69, 9.17) is 17.0 Å². The van der Waals surface area contributed by atoms with Gasteiger partial charge in [0.25, 0.3) is 5.17 Å². The molecule has 3 heteroatoms. The number of ether oxygens (including phenoxy) is 1. The van der Waals surface area contributed by atoms with Gasteiger partial charge in [0, 0.05) is 13.1 Å². The van der Waals surface area contributed by atoms with Crippen LogP contribution < -0.4 is 0 Å². The van der Waals surface area contributed by atoms with Crippen molar-refractivity contribution in [3.05, 3.63) is 42.0 Å². The summed E-state index contributed by atoms with van der Waals surface area (Å²) < 4.78 is 5.58. The van der Waals surface area contributed by atoms with Crippen LogP contribution in [0.1, 0.15) is 25.0 Å². The highest BCUT2D eigenvalue weighted by Crippen LogP contribution is 2.07. The zero-order valence-corrected chi connectivity index (χ0v) is 11.3. The fraction of sp³-hybridized carbons (Fsp3) is 0.357. The second-order valence-corrected chi connectivity index (χ2v) is 4.02. The van der Waals surface area contributed by atoms with Crippen molar-refractivity contribution in [2.75, 3.05) is 13.1 Å². The fourth-order valence-corrected chi connectivity index (χ4v) is 1.79. The van der Waals surface area contributed by atoms with Crippen molar-refractivity contribution in [1.82, 2.24) is 4.90 Å². The molecule has 0 aliphatic heterocycles. The summed E-state index contributed by atoms with van der Waals surface area (Å²) in [6, 6.07) is 8.10. The molecule has 0 spiro atoms. The molecule has 1 aromatic carbocycles. The van der Waals surface area contributed by atoms with Gasteiger partial charge in [0.05, 0.1) is 0 Å². The Morgan fingerprint density at radius 2 is 1.88 bits per heavy atom. The molecule has 0 aromatic heterocycles. The number of benzene rings is 1. The van der Waals surface area contributed by atoms with Crippen LogP contribution in [0.4, 0.5) is 0 Å². The maximum absolute atomic E-state index is 5.58. The van der Waals surface area contributed by atoms with Gasteiger partial charge in [-0.2, -0.15) is 0 Å². The van der Waals surface area contributed by atoms with Gasteiger partial charge in [-0.25, -0.2) is 0 Å². The van der Waals surface area contributed by atoms with E-state index < -0.39 is 0 Å². The standard InChI is InChI=1S/C14H19NOS/c1-4-12-7-9-13(10-8-12)11-16-14(17)15(5-2)6-3/h4,7-10H,1,5-6,11H2,2-3H3. The molecule has 0 saturated heterocycles. The highest BCUT2D eigenvalue weighted by molar-refractivity contribution is 7.80. The lowest BCUT2D eigenvalue weighted by molar-refractivity contribution is 0.238. The van der Waals surface area contributed by atoms with E-state index in [2.05, 4.69) is 20.4 Å². The molecule has 0 radical (unpaired) electrons. The molecule has 0 aliphatic rings. The van der Waals surface area contributed by atoms with E-state index >= 15 is 0 Å². The molecule has 2 nitrogen and oxygen atoms in total. The summed E-state index contributed by atoms with van der Waals surface area (Å²) in [5.74, 6) is 0. The molecule has 0 aliphatic carbocycles. The molecule has 17 heavy (non-hydrogen) atoms. The van der Waals surface area contributed by atoms with Crippen molar-refractivity contribution in [3.8, 4) is 0 Å². The van der Waals surface area contributed by atoms with Crippen LogP contribution in [-0.4, -0.2) is 23.2 Å². The quantitative estimate of drug-likeness (QED) is 0.741. The molecule has 1 aromatic rings. The first-order chi connectivity index (χ1) is 8.21. The van der Waals surface area contributed by atoms with Crippen LogP contribution in [0.3, 0.4) is 0 Å². The van der Waals surface area contributed by atoms with Crippen LogP contribution in [0.2, 0.25) is 0 Å². The molecular weight excluding hydrogens is 230 g/mol. The first kappa shape index (κ1) is 13.7. The van der Waals surface area contributed by atoms with Crippen molar-refractivity contribution in [2.24, 2.45) is 0 Å². The third-order valence-electron chi connectivity index (χ3n) is 2.60. The first-order valence-electron chi connectivity index (χ1n) is 5.84. The van der Waals surface area contributed by atoms with Crippen LogP contribution in [0.15, 0.2) is 30.8 Å². The van der Waals surface area contributed by atoms with Crippen molar-refractivity contribution >= 4 is 23.5 Å². The zero-order valence-electron chi connectivity index (χ0n) is 10.5. The predicted molar refractivity (Wildman–Crippen MR) is 76.8 cm³/mol. The van der Waals surface area contributed by atoms with E-state index in [9.17, 15) is 0 Å². The Labute approximate surface area is 109 Å². The Kier molecular flexibility index (Phi) is 5.70. The summed E-state index contributed by atoms with van der Waals surface area (Å²) in [4.78, 5) is 2.02. The largest absolute Gasteiger partial charge is 0.466 e. The van der Waals surface area contributed by atoms with E-state index in [1.807, 2.05) is 35.2 Å². The number of nitrogens with zero attached hydrogens (tertiary/aromatic N) is 1. The van der Waals surface area contributed by atoms with E-state index in [-0.39, 0.29) is 0 Å². The van der Waals surface area contributed by atoms with E-state index in [1.165, 1.54) is 0 Å². The second kappa shape index (κ2) is 7.07. The van der Waals surface area contributed by atoms with Crippen LogP contribution in [0, 0.1) is 0 Å². The van der Waals surface area contributed by atoms with Gasteiger partial charge in [-0.15, -0.1) is 0 Å². The molecule has 0 atom stereocenters. The summed E-state index contributed by atoms with van der Waals surface area (Å²) >= 11 is 5.21. The van der Waals surface area contributed by atoms with Gasteiger partial charge in [-0.05, 0) is 37.2 Å². The van der Waals surface area contributed by atoms with Crippen molar-refractivity contribution in [3.63, 3.8) is 0 Å². The molecule has 0 amide bonds. The Morgan fingerprint density at radius 3 is 2.35 bits per heavy atom. The van der Waals surface area contributed by atoms with Gasteiger partial charge in [0.15, 0.2) is 0 Å². The number of rotatable bonds is 5. The number of hydrogen-bond acceptors (Lipinski definition) is 2. The van der Waals surface area contributed by atoms with Gasteiger partial charge in [0.2, 0.25) is 0 Å². The molecule has 0 heterocycles. The lowest BCUT2D eigenvalue weighted by Crippen LogP contribution is -2.30. The molecule has 0 fully saturated rings. The average molecular weight is 249 g/mol. The van der Waals surface area contributed by atoms with E-state index in [1.54, 1.807) is 0 Å². The average Bonchev–Trinajstić information content (AvgIpc) is 2.38. The first-order valence-corrected chi connectivity index (χ1v) is 6.25. The fourth-order valence-electron chi connectivity index (χ4n) is 1.47. The summed E-state index contributed by atoms with van der Waals surface area (Å²) in [5, 5.41) is 0.572. The Balaban J connectivity index is 2.49. The highest BCUT2D eigenvalue weighted by Gasteiger charge is 2.05. The summed E-state index contributed by atoms with van der Waals surface area (Å²) in [7, 11) is 0. The maximum Gasteiger partial charge on any atom is 0.259 e. The smallest absolute Gasteiger partial charge is 0.259 e.